The maximum atomic E-state index is 3.78. The Bertz CT molecular complexity index is 189. The average Bonchev–Trinajstić information content (AvgIpc) is 2.22. The predicted octanol–water partition coefficient (Wildman–Crippen LogP) is -11.8. The van der Waals surface area contributed by atoms with Crippen LogP contribution in [0.5, 0.6) is 0 Å². The smallest absolute Gasteiger partial charge is 1.00 e. The fraction of sp³-hybridized carbons (Fsp3) is 0.455. The van der Waals surface area contributed by atoms with E-state index in [-0.39, 0.29) is 86.5 Å². The van der Waals surface area contributed by atoms with Crippen molar-refractivity contribution in [2.45, 2.75) is 30.5 Å². The third kappa shape index (κ3) is 25.2. The van der Waals surface area contributed by atoms with Gasteiger partial charge in [0.15, 0.2) is 0 Å². The summed E-state index contributed by atoms with van der Waals surface area (Å²) in [6.07, 6.45) is 11.2. The first-order valence-electron chi connectivity index (χ1n) is 4.70. The molecule has 1 saturated carbocycles. The molecular weight excluding hydrogens is 525 g/mol. The molecule has 0 N–H and O–H groups in total. The van der Waals surface area contributed by atoms with Gasteiger partial charge < -0.3 is 68.5 Å². The Morgan fingerprint density at radius 1 is 0.842 bits per heavy atom. The Kier molecular flexibility index (Phi) is 55.2. The normalized spacial score (nSPS) is 11.8. The fourth-order valence-electron chi connectivity index (χ4n) is 1.20. The number of nitrogens with zero attached hydrogens (tertiary/aromatic N) is 1. The van der Waals surface area contributed by atoms with Gasteiger partial charge in [-0.1, -0.05) is 34.8 Å². The summed E-state index contributed by atoms with van der Waals surface area (Å²) in [7, 11) is 0. The third-order valence-corrected chi connectivity index (χ3v) is 2.85. The number of rotatable bonds is 0. The third-order valence-electron chi connectivity index (χ3n) is 1.93. The number of halogens is 6. The predicted molar refractivity (Wildman–Crippen MR) is 65.5 cm³/mol. The molecule has 0 amide bonds. The van der Waals surface area contributed by atoms with Crippen molar-refractivity contribution in [1.82, 2.24) is 4.98 Å². The van der Waals surface area contributed by atoms with Crippen molar-refractivity contribution in [1.29, 1.82) is 0 Å². The van der Waals surface area contributed by atoms with E-state index in [0.29, 0.717) is 0 Å². The quantitative estimate of drug-likeness (QED) is 0.181. The zero-order valence-electron chi connectivity index (χ0n) is 10.0. The molecule has 112 valence electrons. The fourth-order valence-corrected chi connectivity index (χ4v) is 1.73. The summed E-state index contributed by atoms with van der Waals surface area (Å²) in [5.74, 6) is 0. The molecule has 0 unspecified atom stereocenters. The second-order valence-corrected chi connectivity index (χ2v) is 4.36. The number of hydrogen-bond donors (Lipinski definition) is 0. The molecule has 0 aromatic carbocycles. The van der Waals surface area contributed by atoms with Crippen molar-refractivity contribution < 1.29 is 62.0 Å². The standard InChI is InChI=1S/C6H10Br.C5H5N.5ClH.Sb/c7-6-4-2-1-3-5-6;1-2-4-6-5-3-1;;;;;;/h1,6H,2-5H2;1-5H;5*1H;/q-1;;;;;;;+5/p-5. The second kappa shape index (κ2) is 28.1. The van der Waals surface area contributed by atoms with Crippen LogP contribution in [-0.2, 0) is 0 Å². The molecular formula is C11H15BrCl5NSb-. The molecule has 0 atom stereocenters. The van der Waals surface area contributed by atoms with Crippen LogP contribution in [0.4, 0.5) is 0 Å². The van der Waals surface area contributed by atoms with Crippen LogP contribution in [0.25, 0.3) is 0 Å². The van der Waals surface area contributed by atoms with Crippen molar-refractivity contribution in [3.63, 3.8) is 0 Å². The molecule has 1 aliphatic carbocycles. The van der Waals surface area contributed by atoms with Gasteiger partial charge in [0.1, 0.15) is 0 Å². The molecule has 1 heterocycles. The maximum Gasteiger partial charge on any atom is 5.00 e. The molecule has 8 heteroatoms. The van der Waals surface area contributed by atoms with Gasteiger partial charge >= 0.3 is 24.4 Å². The van der Waals surface area contributed by atoms with Gasteiger partial charge in [-0.3, -0.25) is 4.98 Å². The largest absolute Gasteiger partial charge is 5.00 e. The first kappa shape index (κ1) is 37.3. The minimum absolute atomic E-state index is 0. The summed E-state index contributed by atoms with van der Waals surface area (Å²) < 4.78 is 0. The maximum absolute atomic E-state index is 3.78. The zero-order valence-corrected chi connectivity index (χ0v) is 18.0. The van der Waals surface area contributed by atoms with Crippen LogP contribution in [0.1, 0.15) is 25.7 Å². The van der Waals surface area contributed by atoms with Crippen LogP contribution >= 0.6 is 15.9 Å². The minimum atomic E-state index is 0. The molecule has 1 aliphatic rings. The average molecular weight is 540 g/mol. The first-order valence-corrected chi connectivity index (χ1v) is 5.62. The molecule has 1 aromatic heterocycles. The van der Waals surface area contributed by atoms with Crippen LogP contribution in [0.15, 0.2) is 30.6 Å². The van der Waals surface area contributed by atoms with Crippen LogP contribution in [0.2, 0.25) is 0 Å². The SMILES string of the molecule is BrC1CC[CH-]CC1.[Cl-].[Cl-].[Cl-].[Cl-].[Cl-].[Sb+5].c1ccncc1. The molecule has 19 heavy (non-hydrogen) atoms. The molecule has 0 spiro atoms. The Balaban J connectivity index is -0.0000000340. The van der Waals surface area contributed by atoms with Gasteiger partial charge in [0.2, 0.25) is 0 Å². The Morgan fingerprint density at radius 2 is 1.26 bits per heavy atom. The number of hydrogen-bond acceptors (Lipinski definition) is 1. The summed E-state index contributed by atoms with van der Waals surface area (Å²) in [6.45, 7) is 0. The summed E-state index contributed by atoms with van der Waals surface area (Å²) in [4.78, 5) is 4.60. The summed E-state index contributed by atoms with van der Waals surface area (Å²) in [6, 6.07) is 5.72. The molecule has 0 saturated heterocycles. The van der Waals surface area contributed by atoms with Crippen LogP contribution in [0.3, 0.4) is 0 Å². The van der Waals surface area contributed by atoms with Crippen LogP contribution < -0.4 is 62.0 Å². The van der Waals surface area contributed by atoms with Gasteiger partial charge in [-0.05, 0) is 12.1 Å². The minimum Gasteiger partial charge on any atom is -1.00 e. The molecule has 0 aliphatic heterocycles. The van der Waals surface area contributed by atoms with Gasteiger partial charge in [-0.15, -0.1) is 0 Å². The summed E-state index contributed by atoms with van der Waals surface area (Å²) >= 11 is 3.57. The monoisotopic (exact) mass is 536 g/mol. The number of alkyl halides is 1. The summed E-state index contributed by atoms with van der Waals surface area (Å²) in [5, 5.41) is 0. The van der Waals surface area contributed by atoms with Gasteiger partial charge in [-0.25, -0.2) is 0 Å². The molecule has 2 rings (SSSR count). The van der Waals surface area contributed by atoms with E-state index >= 15 is 0 Å². The number of aromatic nitrogens is 1. The van der Waals surface area contributed by atoms with Gasteiger partial charge in [0.25, 0.3) is 0 Å². The van der Waals surface area contributed by atoms with Gasteiger partial charge in [-0.2, -0.15) is 12.8 Å². The molecule has 0 radical (unpaired) electrons. The van der Waals surface area contributed by atoms with E-state index in [2.05, 4.69) is 27.3 Å². The zero-order chi connectivity index (χ0) is 9.36. The van der Waals surface area contributed by atoms with Crippen LogP contribution in [0, 0.1) is 6.42 Å². The van der Waals surface area contributed by atoms with Crippen molar-refractivity contribution in [3.8, 4) is 0 Å². The van der Waals surface area contributed by atoms with E-state index in [1.54, 1.807) is 12.4 Å². The van der Waals surface area contributed by atoms with E-state index < -0.39 is 0 Å². The van der Waals surface area contributed by atoms with E-state index in [0.717, 1.165) is 4.83 Å². The molecule has 1 aromatic rings. The molecule has 1 fully saturated rings. The van der Waals surface area contributed by atoms with E-state index in [1.165, 1.54) is 25.7 Å². The van der Waals surface area contributed by atoms with E-state index in [9.17, 15) is 0 Å². The van der Waals surface area contributed by atoms with Crippen LogP contribution in [-0.4, -0.2) is 34.2 Å². The Labute approximate surface area is 173 Å². The van der Waals surface area contributed by atoms with Crippen molar-refractivity contribution in [3.05, 3.63) is 37.0 Å². The van der Waals surface area contributed by atoms with E-state index in [4.69, 9.17) is 0 Å². The first-order chi connectivity index (χ1) is 6.39. The molecule has 1 nitrogen and oxygen atoms in total. The number of pyridine rings is 1. The van der Waals surface area contributed by atoms with E-state index in [1.807, 2.05) is 18.2 Å². The Morgan fingerprint density at radius 3 is 1.42 bits per heavy atom. The van der Waals surface area contributed by atoms with Gasteiger partial charge in [0.05, 0.1) is 0 Å². The molecule has 0 bridgehead atoms. The van der Waals surface area contributed by atoms with Crippen molar-refractivity contribution >= 4 is 40.4 Å². The second-order valence-electron chi connectivity index (χ2n) is 3.07. The van der Waals surface area contributed by atoms with Crippen molar-refractivity contribution in [2.24, 2.45) is 0 Å². The summed E-state index contributed by atoms with van der Waals surface area (Å²) in [5.41, 5.74) is 0. The van der Waals surface area contributed by atoms with Gasteiger partial charge in [0, 0.05) is 17.2 Å². The van der Waals surface area contributed by atoms with Crippen molar-refractivity contribution in [2.75, 3.05) is 0 Å². The topological polar surface area (TPSA) is 12.9 Å². The Hall–Kier alpha value is 1.90.